The van der Waals surface area contributed by atoms with Gasteiger partial charge in [-0.3, -0.25) is 4.90 Å². The molecular formula is C22H33NO2S. The first-order chi connectivity index (χ1) is 12.4. The number of rotatable bonds is 4. The molecule has 144 valence electrons. The Balaban J connectivity index is 1.68. The molecule has 3 nitrogen and oxygen atoms in total. The van der Waals surface area contributed by atoms with Crippen LogP contribution in [0.4, 0.5) is 0 Å². The van der Waals surface area contributed by atoms with Crippen molar-refractivity contribution in [2.45, 2.75) is 81.9 Å². The van der Waals surface area contributed by atoms with Crippen LogP contribution in [-0.4, -0.2) is 37.7 Å². The molecule has 0 bridgehead atoms. The zero-order valence-electron chi connectivity index (χ0n) is 16.5. The van der Waals surface area contributed by atoms with Gasteiger partial charge in [0.15, 0.2) is 9.84 Å². The maximum absolute atomic E-state index is 12.3. The molecule has 0 radical (unpaired) electrons. The number of likely N-dealkylation sites (tertiary alicyclic amines) is 1. The summed E-state index contributed by atoms with van der Waals surface area (Å²) in [7, 11) is -3.19. The Morgan fingerprint density at radius 3 is 2.12 bits per heavy atom. The Morgan fingerprint density at radius 2 is 1.58 bits per heavy atom. The lowest BCUT2D eigenvalue weighted by Gasteiger charge is -2.38. The van der Waals surface area contributed by atoms with Crippen LogP contribution in [0, 0.1) is 0 Å². The maximum atomic E-state index is 12.3. The molecule has 3 rings (SSSR count). The van der Waals surface area contributed by atoms with Crippen molar-refractivity contribution in [3.05, 3.63) is 35.4 Å². The molecule has 1 aromatic carbocycles. The van der Waals surface area contributed by atoms with E-state index in [9.17, 15) is 8.42 Å². The van der Waals surface area contributed by atoms with Crippen molar-refractivity contribution < 1.29 is 8.42 Å². The van der Waals surface area contributed by atoms with E-state index < -0.39 is 9.84 Å². The Morgan fingerprint density at radius 1 is 1.00 bits per heavy atom. The van der Waals surface area contributed by atoms with E-state index in [0.717, 1.165) is 24.4 Å². The minimum atomic E-state index is -3.19. The predicted octanol–water partition coefficient (Wildman–Crippen LogP) is 5.07. The summed E-state index contributed by atoms with van der Waals surface area (Å²) in [6, 6.07) is 8.31. The van der Waals surface area contributed by atoms with Gasteiger partial charge >= 0.3 is 0 Å². The van der Waals surface area contributed by atoms with Crippen molar-refractivity contribution in [1.82, 2.24) is 4.90 Å². The van der Waals surface area contributed by atoms with Gasteiger partial charge in [0, 0.05) is 19.1 Å². The van der Waals surface area contributed by atoms with E-state index in [0.29, 0.717) is 4.90 Å². The molecule has 2 aliphatic rings. The Labute approximate surface area is 159 Å². The number of sulfone groups is 1. The van der Waals surface area contributed by atoms with E-state index in [-0.39, 0.29) is 5.25 Å². The third-order valence-corrected chi connectivity index (χ3v) is 8.43. The van der Waals surface area contributed by atoms with Gasteiger partial charge in [0.2, 0.25) is 0 Å². The highest BCUT2D eigenvalue weighted by molar-refractivity contribution is 7.92. The van der Waals surface area contributed by atoms with Gasteiger partial charge in [0.05, 0.1) is 10.1 Å². The van der Waals surface area contributed by atoms with Gasteiger partial charge in [0.25, 0.3) is 0 Å². The van der Waals surface area contributed by atoms with Crippen molar-refractivity contribution in [2.24, 2.45) is 0 Å². The highest BCUT2D eigenvalue weighted by Crippen LogP contribution is 2.31. The minimum absolute atomic E-state index is 0.378. The third kappa shape index (κ3) is 4.23. The van der Waals surface area contributed by atoms with Crippen LogP contribution in [0.5, 0.6) is 0 Å². The molecule has 4 heteroatoms. The van der Waals surface area contributed by atoms with Crippen molar-refractivity contribution in [2.75, 3.05) is 13.1 Å². The fraction of sp³-hybridized carbons (Fsp3) is 0.636. The van der Waals surface area contributed by atoms with Crippen molar-refractivity contribution in [3.8, 4) is 0 Å². The van der Waals surface area contributed by atoms with Gasteiger partial charge in [-0.2, -0.15) is 0 Å². The summed E-state index contributed by atoms with van der Waals surface area (Å²) in [6.45, 7) is 8.01. The number of benzene rings is 1. The Bertz CT molecular complexity index is 731. The molecule has 1 aliphatic carbocycles. The zero-order chi connectivity index (χ0) is 18.7. The summed E-state index contributed by atoms with van der Waals surface area (Å²) in [5.41, 5.74) is 4.03. The van der Waals surface area contributed by atoms with Crippen LogP contribution in [0.1, 0.15) is 71.3 Å². The van der Waals surface area contributed by atoms with E-state index in [1.54, 1.807) is 26.0 Å². The minimum Gasteiger partial charge on any atom is -0.300 e. The van der Waals surface area contributed by atoms with Gasteiger partial charge in [-0.15, -0.1) is 0 Å². The van der Waals surface area contributed by atoms with E-state index >= 15 is 0 Å². The van der Waals surface area contributed by atoms with Crippen LogP contribution in [0.2, 0.25) is 0 Å². The first-order valence-corrected chi connectivity index (χ1v) is 11.7. The van der Waals surface area contributed by atoms with Gasteiger partial charge in [-0.05, 0) is 69.7 Å². The van der Waals surface area contributed by atoms with Gasteiger partial charge < -0.3 is 0 Å². The van der Waals surface area contributed by atoms with Crippen LogP contribution in [0.25, 0.3) is 5.57 Å². The molecule has 1 saturated heterocycles. The van der Waals surface area contributed by atoms with Crippen LogP contribution >= 0.6 is 0 Å². The normalized spacial score (nSPS) is 20.5. The number of allylic oxidation sites excluding steroid dienone is 1. The highest BCUT2D eigenvalue weighted by Gasteiger charge is 2.24. The summed E-state index contributed by atoms with van der Waals surface area (Å²) in [6.07, 6.45) is 9.26. The van der Waals surface area contributed by atoms with E-state index in [1.165, 1.54) is 56.3 Å². The smallest absolute Gasteiger partial charge is 0.180 e. The second-order valence-corrected chi connectivity index (χ2v) is 10.7. The summed E-state index contributed by atoms with van der Waals surface area (Å²) >= 11 is 0. The van der Waals surface area contributed by atoms with Crippen LogP contribution in [-0.2, 0) is 9.84 Å². The number of nitrogens with zero attached hydrogens (tertiary/aromatic N) is 1. The van der Waals surface area contributed by atoms with E-state index in [2.05, 4.69) is 11.8 Å². The monoisotopic (exact) mass is 375 g/mol. The molecule has 1 aliphatic heterocycles. The van der Waals surface area contributed by atoms with Gasteiger partial charge in [-0.1, -0.05) is 37.0 Å². The predicted molar refractivity (Wildman–Crippen MR) is 109 cm³/mol. The molecule has 0 unspecified atom stereocenters. The highest BCUT2D eigenvalue weighted by atomic mass is 32.2. The standard InChI is InChI=1S/C22H33NO2S/c1-17(2)26(24,25)22-11-9-19(10-12-22)18(3)20-13-15-23(16-14-20)21-7-5-4-6-8-21/h9-12,17,21H,4-8,13-16H2,1-3H3. The Hall–Kier alpha value is -1.13. The molecule has 0 amide bonds. The van der Waals surface area contributed by atoms with Crippen LogP contribution in [0.3, 0.4) is 0 Å². The summed E-state index contributed by atoms with van der Waals surface area (Å²) in [4.78, 5) is 3.13. The summed E-state index contributed by atoms with van der Waals surface area (Å²) < 4.78 is 24.6. The average molecular weight is 376 g/mol. The third-order valence-electron chi connectivity index (χ3n) is 6.26. The molecule has 26 heavy (non-hydrogen) atoms. The molecule has 0 N–H and O–H groups in total. The number of hydrogen-bond donors (Lipinski definition) is 0. The average Bonchev–Trinajstić information content (AvgIpc) is 2.68. The summed E-state index contributed by atoms with van der Waals surface area (Å²) in [5.74, 6) is 0. The molecule has 1 aromatic rings. The zero-order valence-corrected chi connectivity index (χ0v) is 17.3. The second-order valence-electron chi connectivity index (χ2n) is 8.17. The second kappa shape index (κ2) is 8.26. The SMILES string of the molecule is CC(=C1CCN(C2CCCCC2)CC1)c1ccc(S(=O)(=O)C(C)C)cc1. The van der Waals surface area contributed by atoms with E-state index in [1.807, 2.05) is 12.1 Å². The quantitative estimate of drug-likeness (QED) is 0.737. The first-order valence-electron chi connectivity index (χ1n) is 10.2. The van der Waals surface area contributed by atoms with Crippen molar-refractivity contribution >= 4 is 15.4 Å². The summed E-state index contributed by atoms with van der Waals surface area (Å²) in [5, 5.41) is -0.378. The lowest BCUT2D eigenvalue weighted by molar-refractivity contribution is 0.146. The van der Waals surface area contributed by atoms with Crippen molar-refractivity contribution in [1.29, 1.82) is 0 Å². The lowest BCUT2D eigenvalue weighted by atomic mass is 9.90. The lowest BCUT2D eigenvalue weighted by Crippen LogP contribution is -2.40. The molecule has 0 aromatic heterocycles. The Kier molecular flexibility index (Phi) is 6.24. The molecule has 1 heterocycles. The first kappa shape index (κ1) is 19.6. The molecular weight excluding hydrogens is 342 g/mol. The molecule has 0 spiro atoms. The van der Waals surface area contributed by atoms with E-state index in [4.69, 9.17) is 0 Å². The molecule has 2 fully saturated rings. The largest absolute Gasteiger partial charge is 0.300 e. The fourth-order valence-electron chi connectivity index (χ4n) is 4.35. The van der Waals surface area contributed by atoms with Crippen molar-refractivity contribution in [3.63, 3.8) is 0 Å². The molecule has 1 saturated carbocycles. The number of hydrogen-bond acceptors (Lipinski definition) is 3. The van der Waals surface area contributed by atoms with Crippen LogP contribution < -0.4 is 0 Å². The fourth-order valence-corrected chi connectivity index (χ4v) is 5.41. The molecule has 0 atom stereocenters. The van der Waals surface area contributed by atoms with Gasteiger partial charge in [0.1, 0.15) is 0 Å². The topological polar surface area (TPSA) is 37.4 Å². The van der Waals surface area contributed by atoms with Crippen LogP contribution in [0.15, 0.2) is 34.7 Å². The van der Waals surface area contributed by atoms with Gasteiger partial charge in [-0.25, -0.2) is 8.42 Å². The number of piperidine rings is 1. The maximum Gasteiger partial charge on any atom is 0.180 e.